The van der Waals surface area contributed by atoms with E-state index in [1.807, 2.05) is 10.7 Å². The van der Waals surface area contributed by atoms with Crippen molar-refractivity contribution in [3.05, 3.63) is 35.4 Å². The number of carboxylic acid groups (broad SMARTS) is 1. The molecule has 1 N–H and O–H groups in total. The summed E-state index contributed by atoms with van der Waals surface area (Å²) in [4.78, 5) is 11.0. The molecular formula is C14H16N4O2S. The largest absolute Gasteiger partial charge is 0.478 e. The minimum Gasteiger partial charge on any atom is -0.478 e. The van der Waals surface area contributed by atoms with Crippen molar-refractivity contribution in [2.24, 2.45) is 0 Å². The number of hydrogen-bond acceptors (Lipinski definition) is 5. The van der Waals surface area contributed by atoms with Gasteiger partial charge in [0.15, 0.2) is 0 Å². The first-order valence-electron chi connectivity index (χ1n) is 6.97. The standard InChI is InChI=1S/C14H16N4O2S/c19-13(20)11-5-3-4-10(8-11)9-21-14-15-16-17-18(14)12-6-1-2-7-12/h3-5,8,12H,1-2,6-7,9H2,(H,19,20). The number of aromatic nitrogens is 4. The summed E-state index contributed by atoms with van der Waals surface area (Å²) in [6.45, 7) is 0. The molecule has 1 heterocycles. The van der Waals surface area contributed by atoms with Crippen LogP contribution in [0.25, 0.3) is 0 Å². The summed E-state index contributed by atoms with van der Waals surface area (Å²) in [5, 5.41) is 21.8. The van der Waals surface area contributed by atoms with Crippen molar-refractivity contribution < 1.29 is 9.90 Å². The Morgan fingerprint density at radius 3 is 2.95 bits per heavy atom. The van der Waals surface area contributed by atoms with E-state index >= 15 is 0 Å². The van der Waals surface area contributed by atoms with Crippen molar-refractivity contribution in [3.8, 4) is 0 Å². The van der Waals surface area contributed by atoms with Gasteiger partial charge in [-0.15, -0.1) is 5.10 Å². The van der Waals surface area contributed by atoms with Crippen LogP contribution in [0, 0.1) is 0 Å². The lowest BCUT2D eigenvalue weighted by Crippen LogP contribution is -2.08. The van der Waals surface area contributed by atoms with Crippen molar-refractivity contribution in [3.63, 3.8) is 0 Å². The highest BCUT2D eigenvalue weighted by molar-refractivity contribution is 7.98. The number of thioether (sulfide) groups is 1. The van der Waals surface area contributed by atoms with Gasteiger partial charge >= 0.3 is 5.97 Å². The Kier molecular flexibility index (Phi) is 4.19. The van der Waals surface area contributed by atoms with E-state index in [1.165, 1.54) is 12.8 Å². The molecular weight excluding hydrogens is 288 g/mol. The fourth-order valence-electron chi connectivity index (χ4n) is 2.60. The topological polar surface area (TPSA) is 80.9 Å². The molecule has 1 aliphatic carbocycles. The number of hydrogen-bond donors (Lipinski definition) is 1. The third kappa shape index (κ3) is 3.24. The monoisotopic (exact) mass is 304 g/mol. The Bertz CT molecular complexity index is 637. The average molecular weight is 304 g/mol. The molecule has 2 aromatic rings. The SMILES string of the molecule is O=C(O)c1cccc(CSc2nnnn2C2CCCC2)c1. The summed E-state index contributed by atoms with van der Waals surface area (Å²) in [6, 6.07) is 7.38. The maximum atomic E-state index is 11.0. The fraction of sp³-hybridized carbons (Fsp3) is 0.429. The lowest BCUT2D eigenvalue weighted by atomic mass is 10.1. The summed E-state index contributed by atoms with van der Waals surface area (Å²) in [6.07, 6.45) is 4.73. The molecule has 21 heavy (non-hydrogen) atoms. The van der Waals surface area contributed by atoms with Crippen LogP contribution in [0.2, 0.25) is 0 Å². The van der Waals surface area contributed by atoms with Gasteiger partial charge in [-0.1, -0.05) is 36.7 Å². The van der Waals surface area contributed by atoms with E-state index in [0.717, 1.165) is 23.6 Å². The van der Waals surface area contributed by atoms with Crippen LogP contribution >= 0.6 is 11.8 Å². The molecule has 0 spiro atoms. The molecule has 1 fully saturated rings. The lowest BCUT2D eigenvalue weighted by molar-refractivity contribution is 0.0697. The minimum absolute atomic E-state index is 0.309. The van der Waals surface area contributed by atoms with Crippen LogP contribution < -0.4 is 0 Å². The molecule has 1 aromatic carbocycles. The second-order valence-corrected chi connectivity index (χ2v) is 6.08. The lowest BCUT2D eigenvalue weighted by Gasteiger charge is -2.10. The molecule has 0 bridgehead atoms. The second kappa shape index (κ2) is 6.26. The summed E-state index contributed by atoms with van der Waals surface area (Å²) >= 11 is 1.55. The van der Waals surface area contributed by atoms with Gasteiger partial charge in [0, 0.05) is 5.75 Å². The van der Waals surface area contributed by atoms with E-state index in [2.05, 4.69) is 15.5 Å². The molecule has 1 aliphatic rings. The van der Waals surface area contributed by atoms with Gasteiger partial charge in [-0.2, -0.15) is 0 Å². The summed E-state index contributed by atoms with van der Waals surface area (Å²) < 4.78 is 1.92. The first-order valence-corrected chi connectivity index (χ1v) is 7.95. The Morgan fingerprint density at radius 2 is 2.19 bits per heavy atom. The molecule has 6 nitrogen and oxygen atoms in total. The molecule has 1 saturated carbocycles. The Morgan fingerprint density at radius 1 is 1.38 bits per heavy atom. The van der Waals surface area contributed by atoms with Crippen LogP contribution in [0.4, 0.5) is 0 Å². The first kappa shape index (κ1) is 14.1. The zero-order valence-corrected chi connectivity index (χ0v) is 12.3. The van der Waals surface area contributed by atoms with E-state index in [1.54, 1.807) is 30.0 Å². The van der Waals surface area contributed by atoms with Crippen LogP contribution in [0.5, 0.6) is 0 Å². The number of nitrogens with zero attached hydrogens (tertiary/aromatic N) is 4. The van der Waals surface area contributed by atoms with Gasteiger partial charge in [-0.25, -0.2) is 9.48 Å². The number of aromatic carboxylic acids is 1. The molecule has 110 valence electrons. The van der Waals surface area contributed by atoms with E-state index in [-0.39, 0.29) is 0 Å². The van der Waals surface area contributed by atoms with Gasteiger partial charge in [-0.05, 0) is 41.0 Å². The normalized spacial score (nSPS) is 15.4. The molecule has 0 unspecified atom stereocenters. The third-order valence-corrected chi connectivity index (χ3v) is 4.68. The minimum atomic E-state index is -0.905. The van der Waals surface area contributed by atoms with Crippen molar-refractivity contribution in [1.29, 1.82) is 0 Å². The van der Waals surface area contributed by atoms with Gasteiger partial charge in [0.05, 0.1) is 11.6 Å². The number of benzene rings is 1. The molecule has 0 saturated heterocycles. The van der Waals surface area contributed by atoms with E-state index < -0.39 is 5.97 Å². The average Bonchev–Trinajstić information content (AvgIpc) is 3.16. The predicted octanol–water partition coefficient (Wildman–Crippen LogP) is 2.78. The molecule has 1 aromatic heterocycles. The first-order chi connectivity index (χ1) is 10.2. The zero-order valence-electron chi connectivity index (χ0n) is 11.5. The second-order valence-electron chi connectivity index (χ2n) is 5.14. The van der Waals surface area contributed by atoms with Crippen LogP contribution in [0.1, 0.15) is 47.6 Å². The van der Waals surface area contributed by atoms with E-state index in [0.29, 0.717) is 17.4 Å². The van der Waals surface area contributed by atoms with Crippen molar-refractivity contribution >= 4 is 17.7 Å². The highest BCUT2D eigenvalue weighted by atomic mass is 32.2. The molecule has 0 amide bonds. The summed E-state index contributed by atoms with van der Waals surface area (Å²) in [5.41, 5.74) is 1.27. The number of rotatable bonds is 5. The van der Waals surface area contributed by atoms with E-state index in [9.17, 15) is 4.79 Å². The molecule has 0 atom stereocenters. The predicted molar refractivity (Wildman–Crippen MR) is 78.3 cm³/mol. The zero-order chi connectivity index (χ0) is 14.7. The van der Waals surface area contributed by atoms with Crippen molar-refractivity contribution in [2.75, 3.05) is 0 Å². The van der Waals surface area contributed by atoms with Gasteiger partial charge in [0.2, 0.25) is 5.16 Å². The number of carboxylic acids is 1. The smallest absolute Gasteiger partial charge is 0.335 e. The van der Waals surface area contributed by atoms with Crippen LogP contribution in [-0.4, -0.2) is 31.3 Å². The maximum Gasteiger partial charge on any atom is 0.335 e. The highest BCUT2D eigenvalue weighted by Gasteiger charge is 2.21. The van der Waals surface area contributed by atoms with Crippen molar-refractivity contribution in [1.82, 2.24) is 20.2 Å². The summed E-state index contributed by atoms with van der Waals surface area (Å²) in [5.74, 6) is -0.244. The summed E-state index contributed by atoms with van der Waals surface area (Å²) in [7, 11) is 0. The Balaban J connectivity index is 1.69. The molecule has 7 heteroatoms. The highest BCUT2D eigenvalue weighted by Crippen LogP contribution is 2.32. The van der Waals surface area contributed by atoms with Crippen LogP contribution in [0.3, 0.4) is 0 Å². The van der Waals surface area contributed by atoms with Crippen molar-refractivity contribution in [2.45, 2.75) is 42.6 Å². The molecule has 3 rings (SSSR count). The quantitative estimate of drug-likeness (QED) is 0.855. The maximum absolute atomic E-state index is 11.0. The van der Waals surface area contributed by atoms with Crippen LogP contribution in [0.15, 0.2) is 29.4 Å². The van der Waals surface area contributed by atoms with E-state index in [4.69, 9.17) is 5.11 Å². The van der Waals surface area contributed by atoms with Gasteiger partial charge in [0.25, 0.3) is 0 Å². The number of tetrazole rings is 1. The van der Waals surface area contributed by atoms with Gasteiger partial charge < -0.3 is 5.11 Å². The van der Waals surface area contributed by atoms with Crippen LogP contribution in [-0.2, 0) is 5.75 Å². The number of carbonyl (C=O) groups is 1. The van der Waals surface area contributed by atoms with Gasteiger partial charge in [-0.3, -0.25) is 0 Å². The Hall–Kier alpha value is -1.89. The van der Waals surface area contributed by atoms with Gasteiger partial charge in [0.1, 0.15) is 0 Å². The molecule has 0 aliphatic heterocycles. The third-order valence-electron chi connectivity index (χ3n) is 3.68. The Labute approximate surface area is 126 Å². The fourth-order valence-corrected chi connectivity index (χ4v) is 3.49. The molecule has 0 radical (unpaired) electrons.